The Hall–Kier alpha value is -2.38. The van der Waals surface area contributed by atoms with E-state index >= 15 is 0 Å². The molecule has 168 valence electrons. The molecule has 0 spiro atoms. The van der Waals surface area contributed by atoms with Gasteiger partial charge in [-0.15, -0.1) is 0 Å². The fourth-order valence-corrected chi connectivity index (χ4v) is 4.70. The summed E-state index contributed by atoms with van der Waals surface area (Å²) < 4.78 is 11.7. The van der Waals surface area contributed by atoms with Crippen LogP contribution in [0.4, 0.5) is 5.95 Å². The van der Waals surface area contributed by atoms with Crippen molar-refractivity contribution in [3.63, 3.8) is 0 Å². The number of phenols is 1. The van der Waals surface area contributed by atoms with Crippen molar-refractivity contribution in [2.75, 3.05) is 25.0 Å². The average molecular weight is 427 g/mol. The van der Waals surface area contributed by atoms with Gasteiger partial charge in [0.1, 0.15) is 5.60 Å². The molecule has 2 aromatic rings. The molecule has 2 aliphatic heterocycles. The minimum absolute atomic E-state index is 0.194. The molecule has 0 bridgehead atoms. The largest absolute Gasteiger partial charge is 0.504 e. The molecule has 1 aromatic carbocycles. The number of rotatable bonds is 6. The van der Waals surface area contributed by atoms with Crippen LogP contribution < -0.4 is 10.1 Å². The van der Waals surface area contributed by atoms with Crippen molar-refractivity contribution >= 4 is 5.95 Å². The van der Waals surface area contributed by atoms with E-state index in [0.29, 0.717) is 24.3 Å². The Morgan fingerprint density at radius 2 is 1.94 bits per heavy atom. The highest BCUT2D eigenvalue weighted by atomic mass is 16.5. The van der Waals surface area contributed by atoms with Crippen molar-refractivity contribution in [2.24, 2.45) is 0 Å². The Bertz CT molecular complexity index is 936. The lowest BCUT2D eigenvalue weighted by Crippen LogP contribution is -2.39. The monoisotopic (exact) mass is 426 g/mol. The van der Waals surface area contributed by atoms with Crippen molar-refractivity contribution in [2.45, 2.75) is 71.2 Å². The summed E-state index contributed by atoms with van der Waals surface area (Å²) in [5, 5.41) is 13.4. The number of hydrogen-bond acceptors (Lipinski definition) is 7. The van der Waals surface area contributed by atoms with Gasteiger partial charge >= 0.3 is 0 Å². The molecule has 7 heteroatoms. The number of phenolic OH excluding ortho intramolecular Hbond substituents is 1. The summed E-state index contributed by atoms with van der Waals surface area (Å²) in [6.07, 6.45) is 3.97. The first-order valence-electron chi connectivity index (χ1n) is 11.2. The number of benzene rings is 1. The lowest BCUT2D eigenvalue weighted by atomic mass is 9.97. The fraction of sp³-hybridized carbons (Fsp3) is 0.583. The van der Waals surface area contributed by atoms with E-state index in [1.807, 2.05) is 25.3 Å². The van der Waals surface area contributed by atoms with E-state index in [1.54, 1.807) is 6.07 Å². The van der Waals surface area contributed by atoms with Gasteiger partial charge in [0.25, 0.3) is 0 Å². The van der Waals surface area contributed by atoms with E-state index in [9.17, 15) is 5.11 Å². The van der Waals surface area contributed by atoms with Crippen molar-refractivity contribution in [1.29, 1.82) is 0 Å². The van der Waals surface area contributed by atoms with E-state index in [0.717, 1.165) is 49.3 Å². The van der Waals surface area contributed by atoms with Gasteiger partial charge in [0, 0.05) is 37.4 Å². The van der Waals surface area contributed by atoms with Gasteiger partial charge in [0.2, 0.25) is 5.95 Å². The number of fused-ring (bicyclic) bond motifs is 1. The van der Waals surface area contributed by atoms with Gasteiger partial charge in [-0.05, 0) is 65.2 Å². The summed E-state index contributed by atoms with van der Waals surface area (Å²) in [6.45, 7) is 13.6. The zero-order chi connectivity index (χ0) is 22.2. The molecule has 0 saturated carbocycles. The number of hydrogen-bond donors (Lipinski definition) is 2. The molecule has 0 radical (unpaired) electrons. The Balaban J connectivity index is 1.35. The van der Waals surface area contributed by atoms with Crippen molar-refractivity contribution in [3.05, 3.63) is 41.2 Å². The molecule has 0 atom stereocenters. The minimum atomic E-state index is -0.411. The SMILES string of the molecule is CCOc1cc(CN2CCC(Nc3ncc4c(n3)C(C)(C)OC4(C)C)CC2)ccc1O. The van der Waals surface area contributed by atoms with Gasteiger partial charge < -0.3 is 19.9 Å². The molecule has 7 nitrogen and oxygen atoms in total. The van der Waals surface area contributed by atoms with Gasteiger partial charge in [-0.3, -0.25) is 4.90 Å². The minimum Gasteiger partial charge on any atom is -0.504 e. The molecule has 4 rings (SSSR count). The number of aromatic nitrogens is 2. The second kappa shape index (κ2) is 8.28. The predicted molar refractivity (Wildman–Crippen MR) is 120 cm³/mol. The molecular weight excluding hydrogens is 392 g/mol. The van der Waals surface area contributed by atoms with Crippen molar-refractivity contribution in [1.82, 2.24) is 14.9 Å². The summed E-state index contributed by atoms with van der Waals surface area (Å²) in [5.74, 6) is 1.44. The summed E-state index contributed by atoms with van der Waals surface area (Å²) >= 11 is 0. The first-order valence-corrected chi connectivity index (χ1v) is 11.2. The van der Waals surface area contributed by atoms with Crippen LogP contribution in [-0.4, -0.2) is 45.7 Å². The second-order valence-corrected chi connectivity index (χ2v) is 9.51. The van der Waals surface area contributed by atoms with Crippen LogP contribution >= 0.6 is 0 Å². The third kappa shape index (κ3) is 4.62. The molecule has 0 amide bonds. The average Bonchev–Trinajstić information content (AvgIpc) is 2.90. The third-order valence-electron chi connectivity index (χ3n) is 6.17. The van der Waals surface area contributed by atoms with Gasteiger partial charge in [0.05, 0.1) is 17.9 Å². The number of ether oxygens (including phenoxy) is 2. The number of piperidine rings is 1. The zero-order valence-electron chi connectivity index (χ0n) is 19.2. The zero-order valence-corrected chi connectivity index (χ0v) is 19.2. The molecule has 1 saturated heterocycles. The number of nitrogens with zero attached hydrogens (tertiary/aromatic N) is 3. The van der Waals surface area contributed by atoms with Crippen LogP contribution in [0, 0.1) is 0 Å². The predicted octanol–water partition coefficient (Wildman–Crippen LogP) is 4.16. The Labute approximate surface area is 184 Å². The highest BCUT2D eigenvalue weighted by Gasteiger charge is 2.45. The van der Waals surface area contributed by atoms with Crippen LogP contribution in [0.5, 0.6) is 11.5 Å². The summed E-state index contributed by atoms with van der Waals surface area (Å²) in [4.78, 5) is 11.8. The Morgan fingerprint density at radius 3 is 2.65 bits per heavy atom. The second-order valence-electron chi connectivity index (χ2n) is 9.51. The quantitative estimate of drug-likeness (QED) is 0.718. The number of nitrogens with one attached hydrogen (secondary N) is 1. The van der Waals surface area contributed by atoms with Crippen LogP contribution in [0.1, 0.15) is 64.3 Å². The van der Waals surface area contributed by atoms with Gasteiger partial charge in [-0.2, -0.15) is 0 Å². The van der Waals surface area contributed by atoms with Crippen LogP contribution in [0.3, 0.4) is 0 Å². The van der Waals surface area contributed by atoms with E-state index in [4.69, 9.17) is 14.5 Å². The van der Waals surface area contributed by atoms with Crippen molar-refractivity contribution in [3.8, 4) is 11.5 Å². The molecule has 1 fully saturated rings. The third-order valence-corrected chi connectivity index (χ3v) is 6.17. The van der Waals surface area contributed by atoms with Crippen LogP contribution in [0.25, 0.3) is 0 Å². The van der Waals surface area contributed by atoms with Gasteiger partial charge in [-0.25, -0.2) is 9.97 Å². The Kier molecular flexibility index (Phi) is 5.83. The lowest BCUT2D eigenvalue weighted by Gasteiger charge is -2.32. The number of likely N-dealkylation sites (tertiary alicyclic amines) is 1. The van der Waals surface area contributed by atoms with E-state index < -0.39 is 5.60 Å². The molecule has 2 N–H and O–H groups in total. The molecule has 0 unspecified atom stereocenters. The summed E-state index contributed by atoms with van der Waals surface area (Å²) in [5.41, 5.74) is 2.42. The van der Waals surface area contributed by atoms with Crippen LogP contribution in [-0.2, 0) is 22.5 Å². The molecular formula is C24H34N4O3. The van der Waals surface area contributed by atoms with Gasteiger partial charge in [0.15, 0.2) is 11.5 Å². The van der Waals surface area contributed by atoms with Crippen molar-refractivity contribution < 1.29 is 14.6 Å². The van der Waals surface area contributed by atoms with E-state index in [1.165, 1.54) is 0 Å². The first kappa shape index (κ1) is 21.8. The smallest absolute Gasteiger partial charge is 0.223 e. The molecule has 0 aliphatic carbocycles. The Morgan fingerprint density at radius 1 is 1.19 bits per heavy atom. The number of aromatic hydroxyl groups is 1. The highest BCUT2D eigenvalue weighted by molar-refractivity contribution is 5.42. The standard InChI is InChI=1S/C24H34N4O3/c1-6-30-20-13-16(7-8-19(20)29)15-28-11-9-17(10-12-28)26-22-25-14-18-21(27-22)24(4,5)31-23(18,2)3/h7-8,13-14,17,29H,6,9-12,15H2,1-5H3,(H,25,26,27). The highest BCUT2D eigenvalue weighted by Crippen LogP contribution is 2.45. The topological polar surface area (TPSA) is 79.7 Å². The summed E-state index contributed by atoms with van der Waals surface area (Å²) in [7, 11) is 0. The van der Waals surface area contributed by atoms with Crippen LogP contribution in [0.15, 0.2) is 24.4 Å². The van der Waals surface area contributed by atoms with E-state index in [2.05, 4.69) is 42.9 Å². The maximum Gasteiger partial charge on any atom is 0.223 e. The first-order chi connectivity index (χ1) is 14.7. The normalized spacial score (nSPS) is 20.4. The summed E-state index contributed by atoms with van der Waals surface area (Å²) in [6, 6.07) is 5.97. The lowest BCUT2D eigenvalue weighted by molar-refractivity contribution is -0.106. The fourth-order valence-electron chi connectivity index (χ4n) is 4.70. The van der Waals surface area contributed by atoms with E-state index in [-0.39, 0.29) is 11.4 Å². The van der Waals surface area contributed by atoms with Gasteiger partial charge in [-0.1, -0.05) is 6.07 Å². The molecule has 3 heterocycles. The molecule has 31 heavy (non-hydrogen) atoms. The number of anilines is 1. The maximum absolute atomic E-state index is 9.90. The van der Waals surface area contributed by atoms with Crippen LogP contribution in [0.2, 0.25) is 0 Å². The maximum atomic E-state index is 9.90. The molecule has 1 aromatic heterocycles. The molecule has 2 aliphatic rings.